The predicted molar refractivity (Wildman–Crippen MR) is 291 cm³/mol. The lowest BCUT2D eigenvalue weighted by Crippen LogP contribution is -2.09. The smallest absolute Gasteiger partial charge is 0.138 e. The molecule has 0 fully saturated rings. The summed E-state index contributed by atoms with van der Waals surface area (Å²) in [4.78, 5) is 2.36. The van der Waals surface area contributed by atoms with E-state index in [2.05, 4.69) is 267 Å². The molecule has 0 aliphatic heterocycles. The van der Waals surface area contributed by atoms with Crippen LogP contribution in [0, 0.1) is 6.92 Å². The molecule has 1 aromatic heterocycles. The molecule has 2 nitrogen and oxygen atoms in total. The Bertz CT molecular complexity index is 3750. The number of aryl methyl sites for hydroxylation is 1. The minimum absolute atomic E-state index is 0.917. The molecule has 0 amide bonds. The molecule has 0 N–H and O–H groups in total. The van der Waals surface area contributed by atoms with Gasteiger partial charge in [0.2, 0.25) is 0 Å². The Hall–Kier alpha value is -8.98. The Balaban J connectivity index is 0.867. The highest BCUT2D eigenvalue weighted by Gasteiger charge is 2.17. The standard InChI is InChI=1S/C67H47NO/c1-46-61-20-11-12-25-66(61)69-67(46)57-19-13-18-55(45-57)50-28-26-48(27-29-50)49-32-38-58(39-33-49)68(59-40-34-51(35-41-59)56-31-30-47-14-5-6-17-54(47)44-56)60-42-36-53(37-43-60)63-22-8-10-24-65(63)64-23-9-7-21-62(64)52-15-3-2-4-16-52/h2-45H,1H3. The second-order valence-corrected chi connectivity index (χ2v) is 17.7. The molecule has 12 rings (SSSR count). The molecule has 0 radical (unpaired) electrons. The largest absolute Gasteiger partial charge is 0.456 e. The average Bonchev–Trinajstić information content (AvgIpc) is 3.77. The lowest BCUT2D eigenvalue weighted by atomic mass is 9.89. The summed E-state index contributed by atoms with van der Waals surface area (Å²) in [6.07, 6.45) is 0. The van der Waals surface area contributed by atoms with E-state index in [1.165, 1.54) is 55.3 Å². The maximum atomic E-state index is 6.33. The number of rotatable bonds is 10. The zero-order chi connectivity index (χ0) is 46.1. The molecule has 0 unspecified atom stereocenters. The maximum absolute atomic E-state index is 6.33. The molecular weight excluding hydrogens is 835 g/mol. The molecule has 0 spiro atoms. The minimum atomic E-state index is 0.917. The molecule has 0 bridgehead atoms. The van der Waals surface area contributed by atoms with Crippen molar-refractivity contribution in [1.82, 2.24) is 0 Å². The number of hydrogen-bond acceptors (Lipinski definition) is 2. The van der Waals surface area contributed by atoms with Crippen molar-refractivity contribution < 1.29 is 4.42 Å². The first-order chi connectivity index (χ1) is 34.1. The van der Waals surface area contributed by atoms with Crippen molar-refractivity contribution in [3.63, 3.8) is 0 Å². The maximum Gasteiger partial charge on any atom is 0.138 e. The van der Waals surface area contributed by atoms with Gasteiger partial charge in [-0.2, -0.15) is 0 Å². The molecular formula is C67H47NO. The highest BCUT2D eigenvalue weighted by molar-refractivity contribution is 5.93. The van der Waals surface area contributed by atoms with Crippen molar-refractivity contribution in [2.45, 2.75) is 6.92 Å². The highest BCUT2D eigenvalue weighted by atomic mass is 16.3. The van der Waals surface area contributed by atoms with Gasteiger partial charge in [0.05, 0.1) is 0 Å². The van der Waals surface area contributed by atoms with Crippen LogP contribution in [0.25, 0.3) is 99.8 Å². The number of hydrogen-bond donors (Lipinski definition) is 0. The van der Waals surface area contributed by atoms with Crippen LogP contribution in [-0.2, 0) is 0 Å². The van der Waals surface area contributed by atoms with E-state index in [9.17, 15) is 0 Å². The van der Waals surface area contributed by atoms with E-state index in [0.29, 0.717) is 0 Å². The molecule has 1 heterocycles. The lowest BCUT2D eigenvalue weighted by Gasteiger charge is -2.26. The van der Waals surface area contributed by atoms with Gasteiger partial charge in [0, 0.05) is 33.6 Å². The van der Waals surface area contributed by atoms with Gasteiger partial charge in [-0.15, -0.1) is 0 Å². The van der Waals surface area contributed by atoms with Crippen LogP contribution in [0.2, 0.25) is 0 Å². The monoisotopic (exact) mass is 881 g/mol. The number of anilines is 3. The fraction of sp³-hybridized carbons (Fsp3) is 0.0149. The number of benzene rings is 11. The van der Waals surface area contributed by atoms with Gasteiger partial charge in [0.25, 0.3) is 0 Å². The lowest BCUT2D eigenvalue weighted by molar-refractivity contribution is 0.629. The Morgan fingerprint density at radius 3 is 1.28 bits per heavy atom. The Morgan fingerprint density at radius 2 is 0.681 bits per heavy atom. The molecule has 0 saturated heterocycles. The first kappa shape index (κ1) is 41.5. The van der Waals surface area contributed by atoms with E-state index < -0.39 is 0 Å². The van der Waals surface area contributed by atoms with Gasteiger partial charge in [0.15, 0.2) is 0 Å². The van der Waals surface area contributed by atoms with Gasteiger partial charge in [-0.25, -0.2) is 0 Å². The summed E-state index contributed by atoms with van der Waals surface area (Å²) < 4.78 is 6.33. The Morgan fingerprint density at radius 1 is 0.275 bits per heavy atom. The highest BCUT2D eigenvalue weighted by Crippen LogP contribution is 2.42. The van der Waals surface area contributed by atoms with Crippen molar-refractivity contribution in [1.29, 1.82) is 0 Å². The summed E-state index contributed by atoms with van der Waals surface area (Å²) >= 11 is 0. The fourth-order valence-electron chi connectivity index (χ4n) is 9.91. The first-order valence-electron chi connectivity index (χ1n) is 23.6. The van der Waals surface area contributed by atoms with Crippen LogP contribution in [0.3, 0.4) is 0 Å². The van der Waals surface area contributed by atoms with Crippen LogP contribution in [0.5, 0.6) is 0 Å². The second-order valence-electron chi connectivity index (χ2n) is 17.7. The van der Waals surface area contributed by atoms with E-state index in [-0.39, 0.29) is 0 Å². The summed E-state index contributed by atoms with van der Waals surface area (Å²) in [7, 11) is 0. The SMILES string of the molecule is Cc1c(-c2cccc(-c3ccc(-c4ccc(N(c5ccc(-c6ccc7ccccc7c6)cc5)c5ccc(-c6ccccc6-c6ccccc6-c6ccccc6)cc5)cc4)cc3)c2)oc2ccccc12. The summed E-state index contributed by atoms with van der Waals surface area (Å²) in [5, 5.41) is 3.64. The minimum Gasteiger partial charge on any atom is -0.456 e. The molecule has 0 atom stereocenters. The number of nitrogens with zero attached hydrogens (tertiary/aromatic N) is 1. The molecule has 0 aliphatic rings. The van der Waals surface area contributed by atoms with E-state index in [0.717, 1.165) is 67.2 Å². The van der Waals surface area contributed by atoms with Gasteiger partial charge in [-0.3, -0.25) is 0 Å². The summed E-state index contributed by atoms with van der Waals surface area (Å²) in [5.74, 6) is 0.923. The average molecular weight is 882 g/mol. The molecule has 326 valence electrons. The van der Waals surface area contributed by atoms with Gasteiger partial charge in [0.1, 0.15) is 11.3 Å². The van der Waals surface area contributed by atoms with Crippen LogP contribution in [0.1, 0.15) is 5.56 Å². The molecule has 0 saturated carbocycles. The number of fused-ring (bicyclic) bond motifs is 2. The molecule has 0 aliphatic carbocycles. The van der Waals surface area contributed by atoms with Crippen LogP contribution in [0.15, 0.2) is 271 Å². The summed E-state index contributed by atoms with van der Waals surface area (Å²) in [5.41, 5.74) is 20.7. The van der Waals surface area contributed by atoms with E-state index in [4.69, 9.17) is 4.42 Å². The van der Waals surface area contributed by atoms with Crippen molar-refractivity contribution in [3.05, 3.63) is 272 Å². The van der Waals surface area contributed by atoms with Crippen molar-refractivity contribution in [3.8, 4) is 78.1 Å². The number of furan rings is 1. The normalized spacial score (nSPS) is 11.3. The molecule has 11 aromatic carbocycles. The van der Waals surface area contributed by atoms with Crippen LogP contribution in [0.4, 0.5) is 17.1 Å². The zero-order valence-electron chi connectivity index (χ0n) is 38.3. The van der Waals surface area contributed by atoms with E-state index >= 15 is 0 Å². The Labute approximate surface area is 403 Å². The van der Waals surface area contributed by atoms with Crippen LogP contribution >= 0.6 is 0 Å². The van der Waals surface area contributed by atoms with Gasteiger partial charge in [-0.1, -0.05) is 212 Å². The van der Waals surface area contributed by atoms with Gasteiger partial charge >= 0.3 is 0 Å². The third kappa shape index (κ3) is 8.09. The Kier molecular flexibility index (Phi) is 10.8. The van der Waals surface area contributed by atoms with Crippen molar-refractivity contribution in [2.24, 2.45) is 0 Å². The van der Waals surface area contributed by atoms with Crippen molar-refractivity contribution in [2.75, 3.05) is 4.90 Å². The zero-order valence-corrected chi connectivity index (χ0v) is 38.3. The van der Waals surface area contributed by atoms with Crippen LogP contribution in [-0.4, -0.2) is 0 Å². The first-order valence-corrected chi connectivity index (χ1v) is 23.6. The van der Waals surface area contributed by atoms with Gasteiger partial charge < -0.3 is 9.32 Å². The predicted octanol–water partition coefficient (Wildman–Crippen LogP) is 19.0. The third-order valence-corrected chi connectivity index (χ3v) is 13.5. The van der Waals surface area contributed by atoms with Crippen LogP contribution < -0.4 is 4.90 Å². The van der Waals surface area contributed by atoms with E-state index in [1.807, 2.05) is 12.1 Å². The molecule has 69 heavy (non-hydrogen) atoms. The summed E-state index contributed by atoms with van der Waals surface area (Å²) in [6, 6.07) is 96.1. The molecule has 12 aromatic rings. The third-order valence-electron chi connectivity index (χ3n) is 13.5. The van der Waals surface area contributed by atoms with Gasteiger partial charge in [-0.05, 0) is 139 Å². The van der Waals surface area contributed by atoms with E-state index in [1.54, 1.807) is 0 Å². The number of para-hydroxylation sites is 1. The van der Waals surface area contributed by atoms with Crippen molar-refractivity contribution >= 4 is 38.8 Å². The second kappa shape index (κ2) is 18.0. The quantitative estimate of drug-likeness (QED) is 0.136. The fourth-order valence-corrected chi connectivity index (χ4v) is 9.91. The summed E-state index contributed by atoms with van der Waals surface area (Å²) in [6.45, 7) is 2.14. The molecule has 2 heteroatoms. The topological polar surface area (TPSA) is 16.4 Å².